The Morgan fingerprint density at radius 2 is 1.49 bits per heavy atom. The Bertz CT molecular complexity index is 1480. The molecule has 5 rings (SSSR count). The fraction of sp³-hybridized carbons (Fsp3) is 0.182. The molecule has 208 valence electrons. The Hall–Kier alpha value is -4.95. The number of piperazine rings is 1. The number of amides is 1. The van der Waals surface area contributed by atoms with Crippen molar-refractivity contribution in [2.45, 2.75) is 6.54 Å². The van der Waals surface area contributed by atoms with Gasteiger partial charge in [-0.3, -0.25) is 9.69 Å². The van der Waals surface area contributed by atoms with Crippen LogP contribution in [0.15, 0.2) is 108 Å². The molecule has 0 saturated carbocycles. The van der Waals surface area contributed by atoms with Gasteiger partial charge in [-0.1, -0.05) is 42.5 Å². The molecule has 4 aromatic rings. The first kappa shape index (κ1) is 27.6. The van der Waals surface area contributed by atoms with Gasteiger partial charge in [0, 0.05) is 38.3 Å². The number of hydrazone groups is 1. The van der Waals surface area contributed by atoms with Gasteiger partial charge in [0.15, 0.2) is 0 Å². The minimum Gasteiger partial charge on any atom is -0.495 e. The quantitative estimate of drug-likeness (QED) is 0.137. The minimum atomic E-state index is -0.419. The van der Waals surface area contributed by atoms with Crippen LogP contribution >= 0.6 is 0 Å². The van der Waals surface area contributed by atoms with Crippen LogP contribution in [-0.4, -0.2) is 56.3 Å². The van der Waals surface area contributed by atoms with Crippen molar-refractivity contribution in [3.63, 3.8) is 0 Å². The lowest BCUT2D eigenvalue weighted by Crippen LogP contribution is -2.46. The maximum absolute atomic E-state index is 12.6. The van der Waals surface area contributed by atoms with E-state index in [1.165, 1.54) is 0 Å². The van der Waals surface area contributed by atoms with Crippen molar-refractivity contribution in [2.75, 3.05) is 38.2 Å². The molecule has 0 aromatic heterocycles. The van der Waals surface area contributed by atoms with Gasteiger partial charge in [-0.05, 0) is 71.8 Å². The van der Waals surface area contributed by atoms with Gasteiger partial charge in [-0.15, -0.1) is 0 Å². The number of methoxy groups -OCH3 is 1. The van der Waals surface area contributed by atoms with Crippen LogP contribution in [0.2, 0.25) is 0 Å². The third-order valence-corrected chi connectivity index (χ3v) is 6.90. The van der Waals surface area contributed by atoms with Gasteiger partial charge in [-0.25, -0.2) is 10.2 Å². The lowest BCUT2D eigenvalue weighted by molar-refractivity contribution is 0.0734. The SMILES string of the molecule is COc1ccccc1N1CCN(Cc2ccc(C(=O)N/N=C/c3ccc(OC(=O)c4ccccc4)cc3)cc2)CC1. The third-order valence-electron chi connectivity index (χ3n) is 6.90. The normalized spacial score (nSPS) is 13.6. The molecular formula is C33H32N4O4. The van der Waals surface area contributed by atoms with Gasteiger partial charge in [0.2, 0.25) is 0 Å². The number of rotatable bonds is 9. The van der Waals surface area contributed by atoms with E-state index in [0.29, 0.717) is 16.9 Å². The number of hydrogen-bond donors (Lipinski definition) is 1. The molecule has 0 aliphatic carbocycles. The summed E-state index contributed by atoms with van der Waals surface area (Å²) in [7, 11) is 1.71. The van der Waals surface area contributed by atoms with Crippen LogP contribution in [0.25, 0.3) is 0 Å². The molecule has 4 aromatic carbocycles. The summed E-state index contributed by atoms with van der Waals surface area (Å²) >= 11 is 0. The van der Waals surface area contributed by atoms with Crippen molar-refractivity contribution in [1.29, 1.82) is 0 Å². The van der Waals surface area contributed by atoms with E-state index in [9.17, 15) is 9.59 Å². The van der Waals surface area contributed by atoms with Gasteiger partial charge in [0.25, 0.3) is 5.91 Å². The van der Waals surface area contributed by atoms with Crippen LogP contribution in [0, 0.1) is 0 Å². The molecule has 8 heteroatoms. The van der Waals surface area contributed by atoms with Gasteiger partial charge >= 0.3 is 5.97 Å². The molecule has 1 N–H and O–H groups in total. The number of benzene rings is 4. The Morgan fingerprint density at radius 1 is 0.805 bits per heavy atom. The van der Waals surface area contributed by atoms with E-state index >= 15 is 0 Å². The van der Waals surface area contributed by atoms with Crippen molar-refractivity contribution in [2.24, 2.45) is 5.10 Å². The largest absolute Gasteiger partial charge is 0.495 e. The Morgan fingerprint density at radius 3 is 2.20 bits per heavy atom. The van der Waals surface area contributed by atoms with E-state index < -0.39 is 5.97 Å². The molecule has 0 atom stereocenters. The molecule has 0 unspecified atom stereocenters. The second-order valence-corrected chi connectivity index (χ2v) is 9.66. The van der Waals surface area contributed by atoms with Crippen LogP contribution in [0.4, 0.5) is 5.69 Å². The minimum absolute atomic E-state index is 0.286. The zero-order valence-electron chi connectivity index (χ0n) is 22.9. The van der Waals surface area contributed by atoms with Crippen LogP contribution in [0.1, 0.15) is 31.8 Å². The standard InChI is InChI=1S/C33H32N4O4/c1-40-31-10-6-5-9-30(31)37-21-19-36(20-22-37)24-26-11-15-27(16-12-26)32(38)35-34-23-25-13-17-29(18-14-25)41-33(39)28-7-3-2-4-8-28/h2-18,23H,19-22,24H2,1H3,(H,35,38)/b34-23+. The molecule has 1 aliphatic rings. The number of hydrogen-bond acceptors (Lipinski definition) is 7. The van der Waals surface area contributed by atoms with Crippen molar-refractivity contribution in [1.82, 2.24) is 10.3 Å². The van der Waals surface area contributed by atoms with E-state index in [2.05, 4.69) is 26.4 Å². The van der Waals surface area contributed by atoms with Crippen LogP contribution < -0.4 is 19.8 Å². The summed E-state index contributed by atoms with van der Waals surface area (Å²) < 4.78 is 10.9. The monoisotopic (exact) mass is 548 g/mol. The zero-order chi connectivity index (χ0) is 28.4. The van der Waals surface area contributed by atoms with Crippen molar-refractivity contribution >= 4 is 23.8 Å². The van der Waals surface area contributed by atoms with Gasteiger partial charge in [0.1, 0.15) is 11.5 Å². The van der Waals surface area contributed by atoms with E-state index in [0.717, 1.165) is 55.3 Å². The number of nitrogens with zero attached hydrogens (tertiary/aromatic N) is 3. The van der Waals surface area contributed by atoms with Gasteiger partial charge in [0.05, 0.1) is 24.6 Å². The van der Waals surface area contributed by atoms with E-state index in [1.807, 2.05) is 48.5 Å². The lowest BCUT2D eigenvalue weighted by atomic mass is 10.1. The van der Waals surface area contributed by atoms with Crippen LogP contribution in [0.5, 0.6) is 11.5 Å². The molecule has 0 bridgehead atoms. The molecule has 0 spiro atoms. The Labute approximate surface area is 239 Å². The summed E-state index contributed by atoms with van der Waals surface area (Å²) in [4.78, 5) is 29.5. The summed E-state index contributed by atoms with van der Waals surface area (Å²) in [5.41, 5.74) is 6.63. The number of ether oxygens (including phenoxy) is 2. The highest BCUT2D eigenvalue weighted by molar-refractivity contribution is 5.95. The molecule has 8 nitrogen and oxygen atoms in total. The topological polar surface area (TPSA) is 83.5 Å². The summed E-state index contributed by atoms with van der Waals surface area (Å²) in [6, 6.07) is 31.4. The van der Waals surface area contributed by atoms with E-state index in [4.69, 9.17) is 9.47 Å². The molecule has 1 heterocycles. The summed E-state index contributed by atoms with van der Waals surface area (Å²) in [5, 5.41) is 4.06. The second kappa shape index (κ2) is 13.4. The summed E-state index contributed by atoms with van der Waals surface area (Å²) in [5.74, 6) is 0.626. The second-order valence-electron chi connectivity index (χ2n) is 9.66. The van der Waals surface area contributed by atoms with Gasteiger partial charge < -0.3 is 14.4 Å². The van der Waals surface area contributed by atoms with Crippen molar-refractivity contribution < 1.29 is 19.1 Å². The van der Waals surface area contributed by atoms with E-state index in [-0.39, 0.29) is 5.91 Å². The molecule has 41 heavy (non-hydrogen) atoms. The number of nitrogens with one attached hydrogen (secondary N) is 1. The molecule has 1 fully saturated rings. The fourth-order valence-corrected chi connectivity index (χ4v) is 4.65. The predicted molar refractivity (Wildman–Crippen MR) is 160 cm³/mol. The highest BCUT2D eigenvalue weighted by Crippen LogP contribution is 2.28. The summed E-state index contributed by atoms with van der Waals surface area (Å²) in [6.45, 7) is 4.59. The first-order valence-corrected chi connectivity index (χ1v) is 13.5. The molecule has 1 saturated heterocycles. The smallest absolute Gasteiger partial charge is 0.343 e. The van der Waals surface area contributed by atoms with Crippen LogP contribution in [0.3, 0.4) is 0 Å². The highest BCUT2D eigenvalue weighted by Gasteiger charge is 2.19. The average Bonchev–Trinajstić information content (AvgIpc) is 3.03. The number of anilines is 1. The number of carbonyl (C=O) groups excluding carboxylic acids is 2. The third kappa shape index (κ3) is 7.38. The maximum Gasteiger partial charge on any atom is 0.343 e. The van der Waals surface area contributed by atoms with Crippen molar-refractivity contribution in [3.8, 4) is 11.5 Å². The summed E-state index contributed by atoms with van der Waals surface area (Å²) in [6.07, 6.45) is 1.54. The molecule has 1 aliphatic heterocycles. The van der Waals surface area contributed by atoms with Crippen LogP contribution in [-0.2, 0) is 6.54 Å². The zero-order valence-corrected chi connectivity index (χ0v) is 22.9. The van der Waals surface area contributed by atoms with Gasteiger partial charge in [-0.2, -0.15) is 5.10 Å². The van der Waals surface area contributed by atoms with E-state index in [1.54, 1.807) is 61.9 Å². The molecule has 1 amide bonds. The first-order valence-electron chi connectivity index (χ1n) is 13.5. The number of esters is 1. The predicted octanol–water partition coefficient (Wildman–Crippen LogP) is 5.00. The Kier molecular flexibility index (Phi) is 9.03. The molecule has 0 radical (unpaired) electrons. The first-order chi connectivity index (χ1) is 20.1. The fourth-order valence-electron chi connectivity index (χ4n) is 4.65. The van der Waals surface area contributed by atoms with Crippen molar-refractivity contribution in [3.05, 3.63) is 125 Å². The number of carbonyl (C=O) groups is 2. The Balaban J connectivity index is 1.07. The average molecular weight is 549 g/mol. The number of para-hydroxylation sites is 2. The maximum atomic E-state index is 12.6. The molecular weight excluding hydrogens is 516 g/mol. The lowest BCUT2D eigenvalue weighted by Gasteiger charge is -2.36. The highest BCUT2D eigenvalue weighted by atomic mass is 16.5.